The number of hydrogen-bond donors (Lipinski definition) is 2. The average molecular weight is 169 g/mol. The van der Waals surface area contributed by atoms with Crippen molar-refractivity contribution >= 4 is 6.03 Å². The summed E-state index contributed by atoms with van der Waals surface area (Å²) in [5.74, 6) is 0. The highest BCUT2D eigenvalue weighted by Crippen LogP contribution is 1.84. The lowest BCUT2D eigenvalue weighted by atomic mass is 10.4. The summed E-state index contributed by atoms with van der Waals surface area (Å²) in [5.41, 5.74) is 0. The zero-order chi connectivity index (χ0) is 8.97. The van der Waals surface area contributed by atoms with E-state index in [0.29, 0.717) is 0 Å². The summed E-state index contributed by atoms with van der Waals surface area (Å²) in [4.78, 5) is 14.8. The molecule has 0 fully saturated rings. The van der Waals surface area contributed by atoms with E-state index in [1.165, 1.54) is 23.3 Å². The molecule has 5 nitrogen and oxygen atoms in total. The highest BCUT2D eigenvalue weighted by atomic mass is 16.3. The van der Waals surface area contributed by atoms with Gasteiger partial charge in [-0.05, 0) is 6.92 Å². The van der Waals surface area contributed by atoms with Crippen molar-refractivity contribution in [3.8, 4) is 0 Å². The summed E-state index contributed by atoms with van der Waals surface area (Å²) < 4.78 is 1.31. The van der Waals surface area contributed by atoms with Gasteiger partial charge in [-0.2, -0.15) is 0 Å². The fraction of sp³-hybridized carbons (Fsp3) is 0.429. The lowest BCUT2D eigenvalue weighted by Gasteiger charge is -2.06. The van der Waals surface area contributed by atoms with E-state index < -0.39 is 6.10 Å². The van der Waals surface area contributed by atoms with Crippen LogP contribution >= 0.6 is 0 Å². The molecule has 1 aromatic rings. The zero-order valence-electron chi connectivity index (χ0n) is 6.77. The molecule has 0 saturated heterocycles. The van der Waals surface area contributed by atoms with Gasteiger partial charge >= 0.3 is 6.03 Å². The maximum atomic E-state index is 11.1. The molecular weight excluding hydrogens is 158 g/mol. The molecule has 1 atom stereocenters. The van der Waals surface area contributed by atoms with E-state index in [9.17, 15) is 4.79 Å². The van der Waals surface area contributed by atoms with Gasteiger partial charge in [0, 0.05) is 18.9 Å². The first-order valence-corrected chi connectivity index (χ1v) is 3.64. The Hall–Kier alpha value is -1.36. The molecule has 0 radical (unpaired) electrons. The highest BCUT2D eigenvalue weighted by Gasteiger charge is 2.02. The first kappa shape index (κ1) is 8.73. The minimum absolute atomic E-state index is 0.247. The summed E-state index contributed by atoms with van der Waals surface area (Å²) >= 11 is 0. The predicted molar refractivity (Wildman–Crippen MR) is 42.7 cm³/mol. The largest absolute Gasteiger partial charge is 0.392 e. The lowest BCUT2D eigenvalue weighted by molar-refractivity contribution is 0.188. The molecule has 66 valence electrons. The van der Waals surface area contributed by atoms with E-state index >= 15 is 0 Å². The Balaban J connectivity index is 2.40. The number of amides is 1. The van der Waals surface area contributed by atoms with E-state index in [1.54, 1.807) is 6.92 Å². The summed E-state index contributed by atoms with van der Waals surface area (Å²) in [7, 11) is 0. The van der Waals surface area contributed by atoms with Crippen LogP contribution in [0.25, 0.3) is 0 Å². The van der Waals surface area contributed by atoms with Gasteiger partial charge in [0.15, 0.2) is 0 Å². The molecular formula is C7H11N3O2. The van der Waals surface area contributed by atoms with Crippen molar-refractivity contribution in [2.45, 2.75) is 13.0 Å². The van der Waals surface area contributed by atoms with Crippen LogP contribution in [-0.2, 0) is 0 Å². The smallest absolute Gasteiger partial charge is 0.326 e. The van der Waals surface area contributed by atoms with Gasteiger partial charge in [0.1, 0.15) is 6.33 Å². The number of aromatic nitrogens is 2. The Morgan fingerprint density at radius 2 is 2.58 bits per heavy atom. The van der Waals surface area contributed by atoms with Crippen LogP contribution in [0.2, 0.25) is 0 Å². The Morgan fingerprint density at radius 3 is 3.08 bits per heavy atom. The van der Waals surface area contributed by atoms with Gasteiger partial charge in [-0.1, -0.05) is 0 Å². The normalized spacial score (nSPS) is 12.5. The van der Waals surface area contributed by atoms with E-state index in [4.69, 9.17) is 5.11 Å². The quantitative estimate of drug-likeness (QED) is 0.645. The first-order chi connectivity index (χ1) is 5.70. The van der Waals surface area contributed by atoms with Crippen LogP contribution in [0.3, 0.4) is 0 Å². The number of nitrogens with one attached hydrogen (secondary N) is 1. The van der Waals surface area contributed by atoms with E-state index in [1.807, 2.05) is 0 Å². The van der Waals surface area contributed by atoms with Gasteiger partial charge in [0.05, 0.1) is 6.10 Å². The Morgan fingerprint density at radius 1 is 1.83 bits per heavy atom. The molecule has 0 saturated carbocycles. The molecule has 2 N–H and O–H groups in total. The Kier molecular flexibility index (Phi) is 2.82. The van der Waals surface area contributed by atoms with Crippen molar-refractivity contribution in [3.63, 3.8) is 0 Å². The van der Waals surface area contributed by atoms with Crippen LogP contribution in [0, 0.1) is 0 Å². The highest BCUT2D eigenvalue weighted by molar-refractivity contribution is 5.76. The van der Waals surface area contributed by atoms with E-state index in [2.05, 4.69) is 10.3 Å². The summed E-state index contributed by atoms with van der Waals surface area (Å²) in [6.07, 6.45) is 3.92. The molecule has 1 amide bonds. The molecule has 12 heavy (non-hydrogen) atoms. The third-order valence-corrected chi connectivity index (χ3v) is 1.29. The second kappa shape index (κ2) is 3.87. The number of aliphatic hydroxyl groups is 1. The predicted octanol–water partition coefficient (Wildman–Crippen LogP) is -0.178. The molecule has 1 rings (SSSR count). The molecule has 0 aliphatic rings. The fourth-order valence-corrected chi connectivity index (χ4v) is 0.706. The second-order valence-electron chi connectivity index (χ2n) is 2.51. The third kappa shape index (κ3) is 2.35. The number of imidazole rings is 1. The number of carbonyl (C=O) groups excluding carboxylic acids is 1. The van der Waals surface area contributed by atoms with Gasteiger partial charge in [-0.15, -0.1) is 0 Å². The molecule has 0 spiro atoms. The molecule has 1 aromatic heterocycles. The number of hydrogen-bond acceptors (Lipinski definition) is 3. The average Bonchev–Trinajstić information content (AvgIpc) is 2.51. The van der Waals surface area contributed by atoms with Gasteiger partial charge in [0.25, 0.3) is 0 Å². The maximum Gasteiger partial charge on any atom is 0.326 e. The number of rotatable bonds is 2. The summed E-state index contributed by atoms with van der Waals surface area (Å²) in [6.45, 7) is 1.85. The van der Waals surface area contributed by atoms with Gasteiger partial charge < -0.3 is 10.4 Å². The monoisotopic (exact) mass is 169 g/mol. The van der Waals surface area contributed by atoms with E-state index in [0.717, 1.165) is 0 Å². The van der Waals surface area contributed by atoms with Crippen molar-refractivity contribution in [2.75, 3.05) is 6.54 Å². The Labute approximate surface area is 70.0 Å². The molecule has 0 aromatic carbocycles. The van der Waals surface area contributed by atoms with Crippen molar-refractivity contribution < 1.29 is 9.90 Å². The molecule has 5 heteroatoms. The first-order valence-electron chi connectivity index (χ1n) is 3.64. The Bertz CT molecular complexity index is 243. The van der Waals surface area contributed by atoms with Crippen LogP contribution in [-0.4, -0.2) is 33.3 Å². The third-order valence-electron chi connectivity index (χ3n) is 1.29. The summed E-state index contributed by atoms with van der Waals surface area (Å²) in [6, 6.07) is -0.284. The molecule has 0 unspecified atom stereocenters. The van der Waals surface area contributed by atoms with Crippen LogP contribution in [0.15, 0.2) is 18.7 Å². The van der Waals surface area contributed by atoms with Gasteiger partial charge in [-0.3, -0.25) is 4.57 Å². The number of aliphatic hydroxyl groups excluding tert-OH is 1. The van der Waals surface area contributed by atoms with Crippen LogP contribution < -0.4 is 5.32 Å². The van der Waals surface area contributed by atoms with Crippen LogP contribution in [0.5, 0.6) is 0 Å². The van der Waals surface area contributed by atoms with Crippen molar-refractivity contribution in [3.05, 3.63) is 18.7 Å². The fourth-order valence-electron chi connectivity index (χ4n) is 0.706. The minimum Gasteiger partial charge on any atom is -0.392 e. The minimum atomic E-state index is -0.530. The topological polar surface area (TPSA) is 67.2 Å². The molecule has 0 aliphatic carbocycles. The van der Waals surface area contributed by atoms with Gasteiger partial charge in [0.2, 0.25) is 0 Å². The molecule has 0 aliphatic heterocycles. The number of nitrogens with zero attached hydrogens (tertiary/aromatic N) is 2. The maximum absolute atomic E-state index is 11.1. The lowest BCUT2D eigenvalue weighted by Crippen LogP contribution is -2.33. The van der Waals surface area contributed by atoms with Crippen molar-refractivity contribution in [1.82, 2.24) is 14.9 Å². The van der Waals surface area contributed by atoms with Crippen LogP contribution in [0.4, 0.5) is 4.79 Å². The summed E-state index contributed by atoms with van der Waals surface area (Å²) in [5, 5.41) is 11.4. The molecule has 1 heterocycles. The SMILES string of the molecule is C[C@@H](O)CNC(=O)n1ccnc1. The standard InChI is InChI=1S/C7H11N3O2/c1-6(11)4-9-7(12)10-3-2-8-5-10/h2-3,5-6,11H,4H2,1H3,(H,9,12)/t6-/m1/s1. The van der Waals surface area contributed by atoms with Crippen LogP contribution in [0.1, 0.15) is 6.92 Å². The second-order valence-corrected chi connectivity index (χ2v) is 2.51. The van der Waals surface area contributed by atoms with Crippen molar-refractivity contribution in [2.24, 2.45) is 0 Å². The van der Waals surface area contributed by atoms with Crippen molar-refractivity contribution in [1.29, 1.82) is 0 Å². The van der Waals surface area contributed by atoms with Gasteiger partial charge in [-0.25, -0.2) is 9.78 Å². The van der Waals surface area contributed by atoms with E-state index in [-0.39, 0.29) is 12.6 Å². The zero-order valence-corrected chi connectivity index (χ0v) is 6.77. The molecule has 0 bridgehead atoms. The number of carbonyl (C=O) groups is 1.